The number of hydrogen-bond acceptors (Lipinski definition) is 3. The van der Waals surface area contributed by atoms with Gasteiger partial charge >= 0.3 is 5.97 Å². The largest absolute Gasteiger partial charge is 0.480 e. The molecule has 2 amide bonds. The van der Waals surface area contributed by atoms with Crippen LogP contribution in [-0.4, -0.2) is 46.9 Å². The Hall–Kier alpha value is -1.59. The lowest BCUT2D eigenvalue weighted by Gasteiger charge is -2.19. The number of carboxylic acid groups (broad SMARTS) is 1. The van der Waals surface area contributed by atoms with Crippen molar-refractivity contribution in [3.05, 3.63) is 0 Å². The minimum Gasteiger partial charge on any atom is -0.480 e. The third-order valence-corrected chi connectivity index (χ3v) is 3.02. The Balaban J connectivity index is 4.27. The van der Waals surface area contributed by atoms with Crippen LogP contribution in [0.1, 0.15) is 47.0 Å². The fourth-order valence-corrected chi connectivity index (χ4v) is 1.91. The Labute approximate surface area is 120 Å². The van der Waals surface area contributed by atoms with E-state index in [9.17, 15) is 14.4 Å². The van der Waals surface area contributed by atoms with Gasteiger partial charge in [0.05, 0.1) is 0 Å². The van der Waals surface area contributed by atoms with Gasteiger partial charge < -0.3 is 15.3 Å². The van der Waals surface area contributed by atoms with Crippen LogP contribution in [0.3, 0.4) is 0 Å². The highest BCUT2D eigenvalue weighted by molar-refractivity contribution is 5.86. The highest BCUT2D eigenvalue weighted by atomic mass is 16.4. The minimum absolute atomic E-state index is 0.0250. The predicted molar refractivity (Wildman–Crippen MR) is 76.2 cm³/mol. The monoisotopic (exact) mass is 286 g/mol. The van der Waals surface area contributed by atoms with Crippen LogP contribution < -0.4 is 5.32 Å². The van der Waals surface area contributed by atoms with Crippen molar-refractivity contribution in [2.45, 2.75) is 53.0 Å². The van der Waals surface area contributed by atoms with Gasteiger partial charge in [-0.25, -0.2) is 4.79 Å². The number of nitrogens with one attached hydrogen (secondary N) is 1. The first-order valence-corrected chi connectivity index (χ1v) is 7.11. The molecule has 0 aromatic rings. The molecule has 0 aliphatic rings. The Morgan fingerprint density at radius 3 is 2.05 bits per heavy atom. The standard InChI is InChI=1S/C14H26N2O4/c1-5-16(6-2)13(18)8-7-12(17)15-11(14(19)20)9-10(3)4/h10-11H,5-9H2,1-4H3,(H,15,17)(H,19,20)/t11-/m1/s1. The van der Waals surface area contributed by atoms with Gasteiger partial charge in [0.25, 0.3) is 0 Å². The number of nitrogens with zero attached hydrogens (tertiary/aromatic N) is 1. The van der Waals surface area contributed by atoms with Crippen molar-refractivity contribution in [3.8, 4) is 0 Å². The molecule has 6 heteroatoms. The second-order valence-corrected chi connectivity index (χ2v) is 5.15. The van der Waals surface area contributed by atoms with Crippen molar-refractivity contribution in [2.75, 3.05) is 13.1 Å². The zero-order chi connectivity index (χ0) is 15.7. The summed E-state index contributed by atoms with van der Waals surface area (Å²) in [6.07, 6.45) is 0.518. The van der Waals surface area contributed by atoms with Gasteiger partial charge in [-0.05, 0) is 26.2 Å². The van der Waals surface area contributed by atoms with Crippen molar-refractivity contribution < 1.29 is 19.5 Å². The molecule has 1 atom stereocenters. The van der Waals surface area contributed by atoms with E-state index in [0.29, 0.717) is 19.5 Å². The first-order chi connectivity index (χ1) is 9.31. The Bertz CT molecular complexity index is 338. The van der Waals surface area contributed by atoms with Crippen LogP contribution in [0.25, 0.3) is 0 Å². The van der Waals surface area contributed by atoms with Crippen LogP contribution in [0.4, 0.5) is 0 Å². The van der Waals surface area contributed by atoms with Crippen LogP contribution in [0.2, 0.25) is 0 Å². The van der Waals surface area contributed by atoms with Gasteiger partial charge in [0, 0.05) is 25.9 Å². The van der Waals surface area contributed by atoms with Gasteiger partial charge in [0.2, 0.25) is 11.8 Å². The lowest BCUT2D eigenvalue weighted by molar-refractivity contribution is -0.142. The van der Waals surface area contributed by atoms with Gasteiger partial charge in [0.15, 0.2) is 0 Å². The maximum atomic E-state index is 11.7. The zero-order valence-electron chi connectivity index (χ0n) is 12.8. The van der Waals surface area contributed by atoms with E-state index in [1.54, 1.807) is 4.90 Å². The molecular formula is C14H26N2O4. The SMILES string of the molecule is CCN(CC)C(=O)CCC(=O)N[C@H](CC(C)C)C(=O)O. The van der Waals surface area contributed by atoms with Crippen molar-refractivity contribution in [3.63, 3.8) is 0 Å². The zero-order valence-corrected chi connectivity index (χ0v) is 12.8. The number of carbonyl (C=O) groups is 3. The second kappa shape index (κ2) is 9.34. The van der Waals surface area contributed by atoms with Crippen molar-refractivity contribution in [2.24, 2.45) is 5.92 Å². The molecule has 0 aliphatic heterocycles. The third kappa shape index (κ3) is 7.11. The third-order valence-electron chi connectivity index (χ3n) is 3.02. The van der Waals surface area contributed by atoms with E-state index < -0.39 is 17.9 Å². The van der Waals surface area contributed by atoms with E-state index in [1.807, 2.05) is 27.7 Å². The van der Waals surface area contributed by atoms with Gasteiger partial charge in [-0.1, -0.05) is 13.8 Å². The molecule has 0 saturated heterocycles. The fraction of sp³-hybridized carbons (Fsp3) is 0.786. The molecule has 0 bridgehead atoms. The molecule has 20 heavy (non-hydrogen) atoms. The maximum Gasteiger partial charge on any atom is 0.326 e. The number of hydrogen-bond donors (Lipinski definition) is 2. The first kappa shape index (κ1) is 18.4. The molecule has 116 valence electrons. The lowest BCUT2D eigenvalue weighted by Crippen LogP contribution is -2.42. The van der Waals surface area contributed by atoms with Crippen LogP contribution >= 0.6 is 0 Å². The quantitative estimate of drug-likeness (QED) is 0.668. The van der Waals surface area contributed by atoms with Gasteiger partial charge in [-0.3, -0.25) is 9.59 Å². The van der Waals surface area contributed by atoms with Crippen molar-refractivity contribution in [1.82, 2.24) is 10.2 Å². The van der Waals surface area contributed by atoms with Gasteiger partial charge in [-0.2, -0.15) is 0 Å². The summed E-state index contributed by atoms with van der Waals surface area (Å²) in [5.41, 5.74) is 0. The van der Waals surface area contributed by atoms with Crippen LogP contribution in [0, 0.1) is 5.92 Å². The van der Waals surface area contributed by atoms with E-state index in [4.69, 9.17) is 5.11 Å². The van der Waals surface area contributed by atoms with E-state index in [-0.39, 0.29) is 24.7 Å². The second-order valence-electron chi connectivity index (χ2n) is 5.15. The topological polar surface area (TPSA) is 86.7 Å². The van der Waals surface area contributed by atoms with E-state index in [2.05, 4.69) is 5.32 Å². The summed E-state index contributed by atoms with van der Waals surface area (Å²) in [6, 6.07) is -0.883. The van der Waals surface area contributed by atoms with E-state index >= 15 is 0 Å². The maximum absolute atomic E-state index is 11.7. The first-order valence-electron chi connectivity index (χ1n) is 7.11. The molecule has 0 aromatic heterocycles. The van der Waals surface area contributed by atoms with Crippen LogP contribution in [0.5, 0.6) is 0 Å². The van der Waals surface area contributed by atoms with E-state index in [0.717, 1.165) is 0 Å². The number of carbonyl (C=O) groups excluding carboxylic acids is 2. The Morgan fingerprint density at radius 2 is 1.65 bits per heavy atom. The molecule has 0 heterocycles. The van der Waals surface area contributed by atoms with E-state index in [1.165, 1.54) is 0 Å². The fourth-order valence-electron chi connectivity index (χ4n) is 1.91. The molecule has 6 nitrogen and oxygen atoms in total. The molecular weight excluding hydrogens is 260 g/mol. The lowest BCUT2D eigenvalue weighted by atomic mass is 10.0. The minimum atomic E-state index is -1.04. The summed E-state index contributed by atoms with van der Waals surface area (Å²) in [5, 5.41) is 11.5. The predicted octanol–water partition coefficient (Wildman–Crippen LogP) is 1.25. The van der Waals surface area contributed by atoms with Crippen molar-refractivity contribution >= 4 is 17.8 Å². The average Bonchev–Trinajstić information content (AvgIpc) is 2.36. The summed E-state index contributed by atoms with van der Waals surface area (Å²) in [4.78, 5) is 36.1. The van der Waals surface area contributed by atoms with Crippen molar-refractivity contribution in [1.29, 1.82) is 0 Å². The molecule has 0 aliphatic carbocycles. The molecule has 0 spiro atoms. The molecule has 0 saturated carbocycles. The summed E-state index contributed by atoms with van der Waals surface area (Å²) in [5.74, 6) is -1.34. The number of rotatable bonds is 9. The highest BCUT2D eigenvalue weighted by Gasteiger charge is 2.21. The van der Waals surface area contributed by atoms with Gasteiger partial charge in [0.1, 0.15) is 6.04 Å². The summed E-state index contributed by atoms with van der Waals surface area (Å²) >= 11 is 0. The molecule has 0 unspecified atom stereocenters. The van der Waals surface area contributed by atoms with Crippen LogP contribution in [-0.2, 0) is 14.4 Å². The molecule has 0 aromatic carbocycles. The number of aliphatic carboxylic acids is 1. The Kier molecular flexibility index (Phi) is 8.59. The molecule has 0 fully saturated rings. The smallest absolute Gasteiger partial charge is 0.326 e. The molecule has 0 radical (unpaired) electrons. The average molecular weight is 286 g/mol. The summed E-state index contributed by atoms with van der Waals surface area (Å²) in [6.45, 7) is 8.78. The number of amides is 2. The Morgan fingerprint density at radius 1 is 1.10 bits per heavy atom. The van der Waals surface area contributed by atoms with Crippen LogP contribution in [0.15, 0.2) is 0 Å². The summed E-state index contributed by atoms with van der Waals surface area (Å²) in [7, 11) is 0. The highest BCUT2D eigenvalue weighted by Crippen LogP contribution is 2.06. The molecule has 0 rings (SSSR count). The molecule has 2 N–H and O–H groups in total. The normalized spacial score (nSPS) is 12.1. The number of carboxylic acids is 1. The van der Waals surface area contributed by atoms with Gasteiger partial charge in [-0.15, -0.1) is 0 Å². The summed E-state index contributed by atoms with van der Waals surface area (Å²) < 4.78 is 0.